The van der Waals surface area contributed by atoms with Gasteiger partial charge >= 0.3 is 0 Å². The predicted molar refractivity (Wildman–Crippen MR) is 222 cm³/mol. The Labute approximate surface area is 312 Å². The summed E-state index contributed by atoms with van der Waals surface area (Å²) in [7, 11) is 0. The second-order valence-electron chi connectivity index (χ2n) is 14.8. The van der Waals surface area contributed by atoms with Crippen LogP contribution >= 0.6 is 0 Å². The molecule has 0 saturated carbocycles. The van der Waals surface area contributed by atoms with Crippen molar-refractivity contribution in [2.45, 2.75) is 5.41 Å². The van der Waals surface area contributed by atoms with Gasteiger partial charge in [-0.15, -0.1) is 0 Å². The molecule has 1 unspecified atom stereocenters. The Bertz CT molecular complexity index is 3290. The van der Waals surface area contributed by atoms with Crippen molar-refractivity contribution in [3.63, 3.8) is 0 Å². The monoisotopic (exact) mass is 682 g/mol. The fraction of sp³-hybridized carbons (Fsp3) is 0.0192. The summed E-state index contributed by atoms with van der Waals surface area (Å²) < 4.78 is 2.52. The van der Waals surface area contributed by atoms with Crippen LogP contribution in [0.3, 0.4) is 0 Å². The summed E-state index contributed by atoms with van der Waals surface area (Å²) in [6.07, 6.45) is 0. The van der Waals surface area contributed by atoms with Gasteiger partial charge in [0.25, 0.3) is 0 Å². The van der Waals surface area contributed by atoms with Crippen LogP contribution in [0.25, 0.3) is 82.4 Å². The summed E-state index contributed by atoms with van der Waals surface area (Å²) in [5.41, 5.74) is 16.7. The molecule has 10 aromatic rings. The number of rotatable bonds is 2. The zero-order valence-electron chi connectivity index (χ0n) is 29.2. The lowest BCUT2D eigenvalue weighted by Gasteiger charge is -2.39. The number of para-hydroxylation sites is 2. The van der Waals surface area contributed by atoms with Crippen molar-refractivity contribution in [1.82, 2.24) is 4.57 Å². The first-order chi connectivity index (χ1) is 26.7. The average molecular weight is 683 g/mol. The van der Waals surface area contributed by atoms with Gasteiger partial charge in [-0.1, -0.05) is 127 Å². The molecule has 0 N–H and O–H groups in total. The zero-order chi connectivity index (χ0) is 35.5. The average Bonchev–Trinajstić information content (AvgIpc) is 3.72. The summed E-state index contributed by atoms with van der Waals surface area (Å²) in [4.78, 5) is 0. The maximum Gasteiger partial charge on any atom is 0.0991 e. The third-order valence-electron chi connectivity index (χ3n) is 12.2. The van der Waals surface area contributed by atoms with E-state index in [1.54, 1.807) is 0 Å². The molecule has 1 aliphatic heterocycles. The van der Waals surface area contributed by atoms with Crippen LogP contribution in [0.2, 0.25) is 0 Å². The maximum atomic E-state index is 9.44. The van der Waals surface area contributed by atoms with E-state index in [0.29, 0.717) is 5.56 Å². The lowest BCUT2D eigenvalue weighted by atomic mass is 9.65. The Morgan fingerprint density at radius 3 is 1.94 bits per heavy atom. The van der Waals surface area contributed by atoms with Gasteiger partial charge in [-0.3, -0.25) is 0 Å². The van der Waals surface area contributed by atoms with Crippen molar-refractivity contribution in [1.29, 1.82) is 5.26 Å². The fourth-order valence-electron chi connectivity index (χ4n) is 9.85. The van der Waals surface area contributed by atoms with Gasteiger partial charge in [0.2, 0.25) is 0 Å². The van der Waals surface area contributed by atoms with Crippen molar-refractivity contribution in [3.05, 3.63) is 210 Å². The predicted octanol–water partition coefficient (Wildman–Crippen LogP) is 13.0. The number of nitriles is 1. The highest BCUT2D eigenvalue weighted by atomic mass is 15.0. The van der Waals surface area contributed by atoms with E-state index in [0.717, 1.165) is 10.8 Å². The standard InChI is InChI=1S/C52H30N2/c53-31-32-17-18-35-28-40-26-34(19-20-36(40)27-39(35)25-32)38-21-23-46-43(29-38)41-11-4-5-13-45(41)52(46)47-14-6-7-16-50(47)54-49-24-22-37(33-9-2-1-3-10-33)30-44(49)42-12-8-15-48(52)51(42)54/h1-30H. The van der Waals surface area contributed by atoms with Crippen molar-refractivity contribution in [3.8, 4) is 45.1 Å². The quantitative estimate of drug-likeness (QED) is 0.167. The van der Waals surface area contributed by atoms with E-state index in [1.165, 1.54) is 93.9 Å². The molecule has 54 heavy (non-hydrogen) atoms. The van der Waals surface area contributed by atoms with Crippen molar-refractivity contribution >= 4 is 43.4 Å². The number of hydrogen-bond acceptors (Lipinski definition) is 1. The molecule has 2 heteroatoms. The second kappa shape index (κ2) is 10.7. The molecule has 248 valence electrons. The largest absolute Gasteiger partial charge is 0.309 e. The van der Waals surface area contributed by atoms with Crippen LogP contribution in [0.4, 0.5) is 0 Å². The van der Waals surface area contributed by atoms with E-state index in [-0.39, 0.29) is 0 Å². The van der Waals surface area contributed by atoms with E-state index in [1.807, 2.05) is 12.1 Å². The zero-order valence-corrected chi connectivity index (χ0v) is 29.2. The van der Waals surface area contributed by atoms with Crippen LogP contribution in [0.1, 0.15) is 27.8 Å². The Morgan fingerprint density at radius 1 is 0.407 bits per heavy atom. The molecule has 12 rings (SSSR count). The highest BCUT2D eigenvalue weighted by Crippen LogP contribution is 2.61. The smallest absolute Gasteiger partial charge is 0.0991 e. The molecule has 2 nitrogen and oxygen atoms in total. The third kappa shape index (κ3) is 3.78. The second-order valence-corrected chi connectivity index (χ2v) is 14.8. The van der Waals surface area contributed by atoms with E-state index in [4.69, 9.17) is 0 Å². The summed E-state index contributed by atoms with van der Waals surface area (Å²) in [6, 6.07) is 69.3. The molecular formula is C52H30N2. The van der Waals surface area contributed by atoms with Crippen LogP contribution in [0, 0.1) is 11.3 Å². The normalized spacial score (nSPS) is 15.1. The Morgan fingerprint density at radius 2 is 1.07 bits per heavy atom. The van der Waals surface area contributed by atoms with E-state index in [2.05, 4.69) is 180 Å². The first-order valence-corrected chi connectivity index (χ1v) is 18.6. The van der Waals surface area contributed by atoms with Crippen LogP contribution in [-0.2, 0) is 5.41 Å². The molecule has 1 aromatic heterocycles. The third-order valence-corrected chi connectivity index (χ3v) is 12.2. The molecular weight excluding hydrogens is 653 g/mol. The summed E-state index contributed by atoms with van der Waals surface area (Å²) in [6.45, 7) is 0. The molecule has 0 amide bonds. The van der Waals surface area contributed by atoms with E-state index < -0.39 is 5.41 Å². The van der Waals surface area contributed by atoms with Gasteiger partial charge in [-0.25, -0.2) is 0 Å². The number of nitrogens with zero attached hydrogens (tertiary/aromatic N) is 2. The first-order valence-electron chi connectivity index (χ1n) is 18.6. The lowest BCUT2D eigenvalue weighted by molar-refractivity contribution is 0.748. The Kier molecular flexibility index (Phi) is 5.80. The lowest BCUT2D eigenvalue weighted by Crippen LogP contribution is -2.33. The molecule has 2 heterocycles. The topological polar surface area (TPSA) is 28.7 Å². The van der Waals surface area contributed by atoms with E-state index >= 15 is 0 Å². The molecule has 1 atom stereocenters. The number of aromatic nitrogens is 1. The van der Waals surface area contributed by atoms with Gasteiger partial charge in [0.1, 0.15) is 0 Å². The summed E-state index contributed by atoms with van der Waals surface area (Å²) in [5, 5.41) is 16.6. The molecule has 0 fully saturated rings. The number of fused-ring (bicyclic) bond motifs is 14. The van der Waals surface area contributed by atoms with Gasteiger partial charge < -0.3 is 4.57 Å². The highest BCUT2D eigenvalue weighted by Gasteiger charge is 2.50. The van der Waals surface area contributed by atoms with Gasteiger partial charge in [-0.2, -0.15) is 5.26 Å². The van der Waals surface area contributed by atoms with Gasteiger partial charge in [0.15, 0.2) is 0 Å². The summed E-state index contributed by atoms with van der Waals surface area (Å²) >= 11 is 0. The molecule has 9 aromatic carbocycles. The SMILES string of the molecule is N#Cc1ccc2cc3cc(-c4ccc5c(c4)-c4ccccc4C54c5ccccc5-n5c6ccc(-c7ccccc7)cc6c6cccc4c65)ccc3cc2c1. The molecule has 0 radical (unpaired) electrons. The minimum Gasteiger partial charge on any atom is -0.309 e. The molecule has 1 spiro atoms. The van der Waals surface area contributed by atoms with Crippen molar-refractivity contribution in [2.75, 3.05) is 0 Å². The Hall–Kier alpha value is -7.21. The summed E-state index contributed by atoms with van der Waals surface area (Å²) in [5.74, 6) is 0. The first kappa shape index (κ1) is 29.4. The van der Waals surface area contributed by atoms with Crippen LogP contribution < -0.4 is 0 Å². The highest BCUT2D eigenvalue weighted by molar-refractivity contribution is 6.14. The fourth-order valence-corrected chi connectivity index (χ4v) is 9.85. The Balaban J connectivity index is 1.10. The van der Waals surface area contributed by atoms with E-state index in [9.17, 15) is 5.26 Å². The van der Waals surface area contributed by atoms with Crippen LogP contribution in [0.5, 0.6) is 0 Å². The maximum absolute atomic E-state index is 9.44. The van der Waals surface area contributed by atoms with Gasteiger partial charge in [0.05, 0.1) is 33.8 Å². The van der Waals surface area contributed by atoms with Crippen LogP contribution in [0.15, 0.2) is 182 Å². The van der Waals surface area contributed by atoms with Crippen molar-refractivity contribution in [2.24, 2.45) is 0 Å². The van der Waals surface area contributed by atoms with Crippen LogP contribution in [-0.4, -0.2) is 4.57 Å². The number of hydrogen-bond donors (Lipinski definition) is 0. The van der Waals surface area contributed by atoms with Gasteiger partial charge in [0, 0.05) is 10.8 Å². The molecule has 1 aliphatic carbocycles. The molecule has 0 bridgehead atoms. The minimum absolute atomic E-state index is 0.474. The van der Waals surface area contributed by atoms with Crippen molar-refractivity contribution < 1.29 is 0 Å². The minimum atomic E-state index is -0.474. The number of benzene rings is 9. The van der Waals surface area contributed by atoms with Gasteiger partial charge in [-0.05, 0) is 132 Å². The molecule has 2 aliphatic rings. The molecule has 0 saturated heterocycles.